The molecular formula is C32H30O10. The third-order valence-corrected chi connectivity index (χ3v) is 4.60. The Bertz CT molecular complexity index is 1340. The van der Waals surface area contributed by atoms with Gasteiger partial charge in [-0.1, -0.05) is 5.92 Å². The SMILES string of the molecule is CC#CC#CC#CC#CC#CC#CC#CC#CC(=O)OCCOCC(OCCO)C1OC[C@@H](OCCO)[C@@H]1OCCO. The highest BCUT2D eigenvalue weighted by Crippen LogP contribution is 2.25. The van der Waals surface area contributed by atoms with Crippen LogP contribution in [0.15, 0.2) is 0 Å². The predicted octanol–water partition coefficient (Wildman–Crippen LogP) is -1.88. The van der Waals surface area contributed by atoms with Crippen molar-refractivity contribution in [2.45, 2.75) is 31.3 Å². The van der Waals surface area contributed by atoms with E-state index in [1.165, 1.54) is 0 Å². The van der Waals surface area contributed by atoms with Crippen molar-refractivity contribution in [2.75, 3.05) is 66.1 Å². The van der Waals surface area contributed by atoms with Gasteiger partial charge < -0.3 is 43.7 Å². The van der Waals surface area contributed by atoms with Crippen LogP contribution in [0.3, 0.4) is 0 Å². The molecule has 1 aliphatic heterocycles. The van der Waals surface area contributed by atoms with Crippen LogP contribution in [0.2, 0.25) is 0 Å². The summed E-state index contributed by atoms with van der Waals surface area (Å²) in [4.78, 5) is 11.7. The highest BCUT2D eigenvalue weighted by Gasteiger charge is 2.44. The summed E-state index contributed by atoms with van der Waals surface area (Å²) in [5.74, 6) is 38.5. The fraction of sp³-hybridized carbons (Fsp3) is 0.469. The molecule has 0 aromatic heterocycles. The van der Waals surface area contributed by atoms with Gasteiger partial charge in [0.05, 0.1) is 59.5 Å². The number of rotatable bonds is 15. The monoisotopic (exact) mass is 574 g/mol. The molecular weight excluding hydrogens is 544 g/mol. The molecule has 4 atom stereocenters. The van der Waals surface area contributed by atoms with Crippen LogP contribution in [0.4, 0.5) is 0 Å². The van der Waals surface area contributed by atoms with Gasteiger partial charge in [-0.15, -0.1) is 0 Å². The van der Waals surface area contributed by atoms with Crippen LogP contribution in [0.25, 0.3) is 0 Å². The average Bonchev–Trinajstić information content (AvgIpc) is 3.40. The summed E-state index contributed by atoms with van der Waals surface area (Å²) >= 11 is 0. The van der Waals surface area contributed by atoms with Crippen LogP contribution >= 0.6 is 0 Å². The molecule has 0 aromatic carbocycles. The topological polar surface area (TPSA) is 133 Å². The Kier molecular flexibility index (Phi) is 21.7. The molecule has 0 aliphatic carbocycles. The number of carbonyl (C=O) groups excluding carboxylic acids is 1. The summed E-state index contributed by atoms with van der Waals surface area (Å²) < 4.78 is 33.3. The molecule has 10 nitrogen and oxygen atoms in total. The minimum Gasteiger partial charge on any atom is -0.454 e. The first-order chi connectivity index (χ1) is 20.7. The molecule has 1 saturated heterocycles. The van der Waals surface area contributed by atoms with E-state index in [9.17, 15) is 9.90 Å². The van der Waals surface area contributed by atoms with Crippen LogP contribution in [0.1, 0.15) is 6.92 Å². The van der Waals surface area contributed by atoms with Gasteiger partial charge in [-0.05, 0) is 89.8 Å². The number of esters is 1. The van der Waals surface area contributed by atoms with E-state index >= 15 is 0 Å². The third kappa shape index (κ3) is 17.3. The Morgan fingerprint density at radius 1 is 0.738 bits per heavy atom. The van der Waals surface area contributed by atoms with Gasteiger partial charge in [0.25, 0.3) is 0 Å². The number of aliphatic hydroxyl groups excluding tert-OH is 3. The molecule has 42 heavy (non-hydrogen) atoms. The fourth-order valence-electron chi connectivity index (χ4n) is 3.05. The maximum atomic E-state index is 11.7. The Morgan fingerprint density at radius 2 is 1.29 bits per heavy atom. The summed E-state index contributed by atoms with van der Waals surface area (Å²) in [7, 11) is 0. The number of aliphatic hydroxyl groups is 3. The van der Waals surface area contributed by atoms with E-state index in [0.29, 0.717) is 0 Å². The Hall–Kier alpha value is -4.37. The molecule has 0 radical (unpaired) electrons. The minimum absolute atomic E-state index is 0.0283. The van der Waals surface area contributed by atoms with Crippen LogP contribution in [0, 0.1) is 94.7 Å². The number of hydrogen-bond acceptors (Lipinski definition) is 10. The van der Waals surface area contributed by atoms with E-state index in [-0.39, 0.29) is 66.1 Å². The molecule has 1 rings (SSSR count). The Labute approximate surface area is 246 Å². The number of carbonyl (C=O) groups is 1. The first-order valence-electron chi connectivity index (χ1n) is 12.6. The van der Waals surface area contributed by atoms with E-state index in [0.717, 1.165) is 0 Å². The fourth-order valence-corrected chi connectivity index (χ4v) is 3.05. The largest absolute Gasteiger partial charge is 0.454 e. The summed E-state index contributed by atoms with van der Waals surface area (Å²) in [5, 5.41) is 27.4. The van der Waals surface area contributed by atoms with Crippen molar-refractivity contribution in [2.24, 2.45) is 0 Å². The summed E-state index contributed by atoms with van der Waals surface area (Å²) in [6.45, 7) is 1.46. The molecule has 2 unspecified atom stereocenters. The van der Waals surface area contributed by atoms with Gasteiger partial charge >= 0.3 is 5.97 Å². The van der Waals surface area contributed by atoms with Crippen LogP contribution in [-0.4, -0.2) is 112 Å². The first kappa shape index (κ1) is 35.7. The molecule has 0 aromatic rings. The van der Waals surface area contributed by atoms with Crippen molar-refractivity contribution in [3.63, 3.8) is 0 Å². The molecule has 0 spiro atoms. The maximum Gasteiger partial charge on any atom is 0.385 e. The van der Waals surface area contributed by atoms with E-state index in [1.807, 2.05) is 0 Å². The molecule has 0 bridgehead atoms. The lowest BCUT2D eigenvalue weighted by Gasteiger charge is -2.29. The molecule has 218 valence electrons. The first-order valence-corrected chi connectivity index (χ1v) is 12.6. The average molecular weight is 575 g/mol. The van der Waals surface area contributed by atoms with Gasteiger partial charge in [-0.3, -0.25) is 0 Å². The van der Waals surface area contributed by atoms with Crippen LogP contribution in [-0.2, 0) is 33.2 Å². The Balaban J connectivity index is 2.46. The predicted molar refractivity (Wildman–Crippen MR) is 150 cm³/mol. The second kappa shape index (κ2) is 25.6. The zero-order valence-corrected chi connectivity index (χ0v) is 23.1. The highest BCUT2D eigenvalue weighted by atomic mass is 16.6. The van der Waals surface area contributed by atoms with Crippen molar-refractivity contribution in [3.8, 4) is 94.7 Å². The van der Waals surface area contributed by atoms with Gasteiger partial charge in [0, 0.05) is 5.92 Å². The van der Waals surface area contributed by atoms with E-state index in [4.69, 9.17) is 38.6 Å². The highest BCUT2D eigenvalue weighted by molar-refractivity contribution is 5.89. The van der Waals surface area contributed by atoms with E-state index in [2.05, 4.69) is 94.7 Å². The molecule has 1 heterocycles. The van der Waals surface area contributed by atoms with Gasteiger partial charge in [0.1, 0.15) is 31.0 Å². The Morgan fingerprint density at radius 3 is 1.86 bits per heavy atom. The van der Waals surface area contributed by atoms with E-state index in [1.54, 1.807) is 6.92 Å². The van der Waals surface area contributed by atoms with Gasteiger partial charge in [0.15, 0.2) is 0 Å². The molecule has 1 aliphatic rings. The quantitative estimate of drug-likeness (QED) is 0.0884. The van der Waals surface area contributed by atoms with Crippen molar-refractivity contribution in [1.82, 2.24) is 0 Å². The summed E-state index contributed by atoms with van der Waals surface area (Å²) in [6, 6.07) is 0. The van der Waals surface area contributed by atoms with Gasteiger partial charge in [-0.25, -0.2) is 4.79 Å². The van der Waals surface area contributed by atoms with Crippen LogP contribution in [0.5, 0.6) is 0 Å². The maximum absolute atomic E-state index is 11.7. The number of ether oxygens (including phenoxy) is 6. The van der Waals surface area contributed by atoms with Crippen molar-refractivity contribution >= 4 is 5.97 Å². The molecule has 0 amide bonds. The molecule has 0 saturated carbocycles. The van der Waals surface area contributed by atoms with Crippen molar-refractivity contribution in [3.05, 3.63) is 0 Å². The number of hydrogen-bond donors (Lipinski definition) is 3. The zero-order chi connectivity index (χ0) is 30.5. The second-order valence-corrected chi connectivity index (χ2v) is 7.46. The minimum atomic E-state index is -0.794. The van der Waals surface area contributed by atoms with Gasteiger partial charge in [-0.2, -0.15) is 0 Å². The standard InChI is InChI=1S/C32H30O10/c1-2-3-4-5-6-7-8-9-10-11-12-13-14-15-16-17-30(36)40-25-24-37-26-28(38-21-18-33)32-31(41-23-20-35)29(27-42-32)39-22-19-34/h28-29,31-35H,18-27H2,1H3/t28?,29-,31+,32?/m1/s1. The molecule has 3 N–H and O–H groups in total. The van der Waals surface area contributed by atoms with E-state index < -0.39 is 30.4 Å². The third-order valence-electron chi connectivity index (χ3n) is 4.60. The van der Waals surface area contributed by atoms with Crippen molar-refractivity contribution < 1.29 is 48.5 Å². The summed E-state index contributed by atoms with van der Waals surface area (Å²) in [5.41, 5.74) is 0. The lowest BCUT2D eigenvalue weighted by atomic mass is 10.1. The smallest absolute Gasteiger partial charge is 0.385 e. The molecule has 10 heteroatoms. The van der Waals surface area contributed by atoms with Gasteiger partial charge in [0.2, 0.25) is 0 Å². The van der Waals surface area contributed by atoms with Crippen molar-refractivity contribution in [1.29, 1.82) is 0 Å². The normalized spacial score (nSPS) is 16.3. The zero-order valence-electron chi connectivity index (χ0n) is 23.1. The molecule has 1 fully saturated rings. The summed E-state index contributed by atoms with van der Waals surface area (Å²) in [6.07, 6.45) is -2.33. The lowest BCUT2D eigenvalue weighted by molar-refractivity contribution is -0.144. The lowest BCUT2D eigenvalue weighted by Crippen LogP contribution is -2.45. The van der Waals surface area contributed by atoms with Crippen LogP contribution < -0.4 is 0 Å². The second-order valence-electron chi connectivity index (χ2n) is 7.46.